The molecule has 7 heteroatoms. The van der Waals surface area contributed by atoms with E-state index in [1.807, 2.05) is 24.3 Å². The summed E-state index contributed by atoms with van der Waals surface area (Å²) in [4.78, 5) is 24.1. The quantitative estimate of drug-likeness (QED) is 0.683. The topological polar surface area (TPSA) is 85.9 Å². The minimum absolute atomic E-state index is 0.133. The Hall–Kier alpha value is -3.48. The van der Waals surface area contributed by atoms with E-state index >= 15 is 0 Å². The van der Waals surface area contributed by atoms with E-state index in [0.717, 1.165) is 11.3 Å². The molecule has 0 fully saturated rings. The maximum Gasteiger partial charge on any atom is 0.268 e. The first-order valence-corrected chi connectivity index (χ1v) is 8.59. The monoisotopic (exact) mass is 384 g/mol. The third kappa shape index (κ3) is 5.77. The smallest absolute Gasteiger partial charge is 0.268 e. The fourth-order valence-electron chi connectivity index (χ4n) is 2.48. The molecular formula is C21H24N2O5. The molecule has 0 aliphatic rings. The normalized spacial score (nSPS) is 10.8. The molecule has 0 aromatic heterocycles. The average molecular weight is 384 g/mol. The molecule has 0 heterocycles. The number of carbonyl (C=O) groups is 2. The van der Waals surface area contributed by atoms with Crippen LogP contribution >= 0.6 is 0 Å². The van der Waals surface area contributed by atoms with Crippen LogP contribution in [-0.2, 0) is 16.1 Å². The molecule has 0 spiro atoms. The van der Waals surface area contributed by atoms with Crippen LogP contribution in [0.1, 0.15) is 18.1 Å². The number of rotatable bonds is 8. The van der Waals surface area contributed by atoms with Crippen LogP contribution < -0.4 is 24.8 Å². The van der Waals surface area contributed by atoms with Crippen LogP contribution in [0.25, 0.3) is 6.08 Å². The molecule has 148 valence electrons. The van der Waals surface area contributed by atoms with Gasteiger partial charge < -0.3 is 24.8 Å². The predicted molar refractivity (Wildman–Crippen MR) is 106 cm³/mol. The van der Waals surface area contributed by atoms with E-state index in [1.165, 1.54) is 14.0 Å². The molecule has 2 N–H and O–H groups in total. The van der Waals surface area contributed by atoms with Gasteiger partial charge in [-0.3, -0.25) is 9.59 Å². The molecule has 2 aromatic rings. The van der Waals surface area contributed by atoms with Crippen LogP contribution in [0.5, 0.6) is 17.2 Å². The Kier molecular flexibility index (Phi) is 7.45. The maximum absolute atomic E-state index is 12.6. The van der Waals surface area contributed by atoms with Crippen LogP contribution in [0.4, 0.5) is 0 Å². The number of hydrogen-bond acceptors (Lipinski definition) is 5. The van der Waals surface area contributed by atoms with Crippen LogP contribution in [-0.4, -0.2) is 33.1 Å². The zero-order valence-electron chi connectivity index (χ0n) is 16.4. The summed E-state index contributed by atoms with van der Waals surface area (Å²) in [6.07, 6.45) is 1.58. The van der Waals surface area contributed by atoms with Crippen LogP contribution in [0.15, 0.2) is 48.2 Å². The third-order valence-corrected chi connectivity index (χ3v) is 3.89. The zero-order valence-corrected chi connectivity index (χ0v) is 16.4. The molecule has 0 aliphatic carbocycles. The molecule has 28 heavy (non-hydrogen) atoms. The maximum atomic E-state index is 12.6. The highest BCUT2D eigenvalue weighted by Gasteiger charge is 2.12. The van der Waals surface area contributed by atoms with Gasteiger partial charge in [-0.1, -0.05) is 18.2 Å². The largest absolute Gasteiger partial charge is 0.497 e. The third-order valence-electron chi connectivity index (χ3n) is 3.89. The highest BCUT2D eigenvalue weighted by molar-refractivity contribution is 6.00. The van der Waals surface area contributed by atoms with Crippen molar-refractivity contribution in [3.63, 3.8) is 0 Å². The van der Waals surface area contributed by atoms with Crippen molar-refractivity contribution in [3.05, 3.63) is 59.3 Å². The Morgan fingerprint density at radius 1 is 0.929 bits per heavy atom. The van der Waals surface area contributed by atoms with E-state index in [2.05, 4.69) is 10.6 Å². The Morgan fingerprint density at radius 2 is 1.61 bits per heavy atom. The lowest BCUT2D eigenvalue weighted by Crippen LogP contribution is -2.33. The summed E-state index contributed by atoms with van der Waals surface area (Å²) in [7, 11) is 4.67. The number of hydrogen-bond donors (Lipinski definition) is 2. The second-order valence-corrected chi connectivity index (χ2v) is 5.88. The molecule has 0 saturated carbocycles. The first kappa shape index (κ1) is 20.8. The molecule has 0 atom stereocenters. The number of amides is 2. The van der Waals surface area contributed by atoms with Gasteiger partial charge in [0, 0.05) is 13.5 Å². The number of carbonyl (C=O) groups excluding carboxylic acids is 2. The molecule has 0 aliphatic heterocycles. The minimum atomic E-state index is -0.402. The van der Waals surface area contributed by atoms with Gasteiger partial charge in [0.1, 0.15) is 11.4 Å². The lowest BCUT2D eigenvalue weighted by atomic mass is 10.1. The molecule has 2 rings (SSSR count). The van der Waals surface area contributed by atoms with Gasteiger partial charge in [-0.05, 0) is 41.5 Å². The fraction of sp³-hybridized carbons (Fsp3) is 0.238. The summed E-state index contributed by atoms with van der Waals surface area (Å²) >= 11 is 0. The van der Waals surface area contributed by atoms with E-state index in [9.17, 15) is 9.59 Å². The van der Waals surface area contributed by atoms with Crippen molar-refractivity contribution in [2.75, 3.05) is 21.3 Å². The minimum Gasteiger partial charge on any atom is -0.497 e. The van der Waals surface area contributed by atoms with Crippen LogP contribution in [0.2, 0.25) is 0 Å². The van der Waals surface area contributed by atoms with Crippen molar-refractivity contribution in [3.8, 4) is 17.2 Å². The van der Waals surface area contributed by atoms with Crippen molar-refractivity contribution in [2.24, 2.45) is 0 Å². The molecule has 7 nitrogen and oxygen atoms in total. The zero-order chi connectivity index (χ0) is 20.5. The first-order valence-electron chi connectivity index (χ1n) is 8.59. The van der Waals surface area contributed by atoms with Gasteiger partial charge in [0.25, 0.3) is 5.91 Å². The van der Waals surface area contributed by atoms with Gasteiger partial charge in [0.05, 0.1) is 21.3 Å². The summed E-state index contributed by atoms with van der Waals surface area (Å²) in [6, 6.07) is 12.6. The Morgan fingerprint density at radius 3 is 2.18 bits per heavy atom. The number of benzene rings is 2. The van der Waals surface area contributed by atoms with Crippen molar-refractivity contribution < 1.29 is 23.8 Å². The molecule has 0 bridgehead atoms. The second-order valence-electron chi connectivity index (χ2n) is 5.88. The lowest BCUT2D eigenvalue weighted by Gasteiger charge is -2.11. The van der Waals surface area contributed by atoms with E-state index in [0.29, 0.717) is 23.6 Å². The van der Waals surface area contributed by atoms with Gasteiger partial charge in [-0.2, -0.15) is 0 Å². The summed E-state index contributed by atoms with van der Waals surface area (Å²) in [5.74, 6) is 1.09. The van der Waals surface area contributed by atoms with Gasteiger partial charge in [0.15, 0.2) is 11.5 Å². The summed E-state index contributed by atoms with van der Waals surface area (Å²) in [5.41, 5.74) is 1.72. The number of ether oxygens (including phenoxy) is 3. The van der Waals surface area contributed by atoms with Gasteiger partial charge in [-0.25, -0.2) is 0 Å². The highest BCUT2D eigenvalue weighted by atomic mass is 16.5. The van der Waals surface area contributed by atoms with Crippen LogP contribution in [0, 0.1) is 0 Å². The number of nitrogens with one attached hydrogen (secondary N) is 2. The number of methoxy groups -OCH3 is 3. The van der Waals surface area contributed by atoms with E-state index in [-0.39, 0.29) is 11.6 Å². The molecule has 0 saturated heterocycles. The average Bonchev–Trinajstić information content (AvgIpc) is 2.71. The Balaban J connectivity index is 2.18. The lowest BCUT2D eigenvalue weighted by molar-refractivity contribution is -0.122. The molecule has 2 amide bonds. The Bertz CT molecular complexity index is 860. The summed E-state index contributed by atoms with van der Waals surface area (Å²) < 4.78 is 15.6. The Labute approximate surface area is 164 Å². The first-order chi connectivity index (χ1) is 13.5. The van der Waals surface area contributed by atoms with Crippen molar-refractivity contribution in [2.45, 2.75) is 13.5 Å². The van der Waals surface area contributed by atoms with Crippen molar-refractivity contribution in [1.82, 2.24) is 10.6 Å². The second kappa shape index (κ2) is 10.0. The predicted octanol–water partition coefficient (Wildman–Crippen LogP) is 2.51. The SMILES string of the molecule is COc1ccc(CNC(=O)/C(=C/c2ccc(OC)c(OC)c2)NC(C)=O)cc1. The van der Waals surface area contributed by atoms with Gasteiger partial charge in [0.2, 0.25) is 5.91 Å². The van der Waals surface area contributed by atoms with E-state index in [4.69, 9.17) is 14.2 Å². The molecule has 0 unspecified atom stereocenters. The molecule has 2 aromatic carbocycles. The summed E-state index contributed by atoms with van der Waals surface area (Å²) in [5, 5.41) is 5.36. The fourth-order valence-corrected chi connectivity index (χ4v) is 2.48. The van der Waals surface area contributed by atoms with E-state index in [1.54, 1.807) is 38.5 Å². The van der Waals surface area contributed by atoms with Crippen molar-refractivity contribution >= 4 is 17.9 Å². The molecule has 0 radical (unpaired) electrons. The molecular weight excluding hydrogens is 360 g/mol. The highest BCUT2D eigenvalue weighted by Crippen LogP contribution is 2.28. The standard InChI is InChI=1S/C21H24N2O5/c1-14(24)23-18(11-16-7-10-19(27-3)20(12-16)28-4)21(25)22-13-15-5-8-17(26-2)9-6-15/h5-12H,13H2,1-4H3,(H,22,25)(H,23,24)/b18-11-. The van der Waals surface area contributed by atoms with Gasteiger partial charge in [-0.15, -0.1) is 0 Å². The van der Waals surface area contributed by atoms with E-state index < -0.39 is 5.91 Å². The summed E-state index contributed by atoms with van der Waals surface area (Å²) in [6.45, 7) is 1.66. The van der Waals surface area contributed by atoms with Crippen molar-refractivity contribution in [1.29, 1.82) is 0 Å². The van der Waals surface area contributed by atoms with Crippen LogP contribution in [0.3, 0.4) is 0 Å². The van der Waals surface area contributed by atoms with Gasteiger partial charge >= 0.3 is 0 Å².